The summed E-state index contributed by atoms with van der Waals surface area (Å²) in [6.45, 7) is 3.87. The molecule has 1 N–H and O–H groups in total. The van der Waals surface area contributed by atoms with Gasteiger partial charge in [0.15, 0.2) is 6.04 Å². The zero-order valence-corrected chi connectivity index (χ0v) is 20.3. The smallest absolute Gasteiger partial charge is 0.331 e. The molecule has 1 aromatic heterocycles. The number of carbonyl (C=O) groups is 2. The summed E-state index contributed by atoms with van der Waals surface area (Å²) in [6.07, 6.45) is 0.597. The van der Waals surface area contributed by atoms with Crippen molar-refractivity contribution in [2.75, 3.05) is 6.61 Å². The fraction of sp³-hybridized carbons (Fsp3) is 0.207. The molecule has 4 rings (SSSR count). The van der Waals surface area contributed by atoms with Crippen molar-refractivity contribution in [1.29, 1.82) is 0 Å². The third kappa shape index (κ3) is 5.99. The number of hydrogen-bond donors (Lipinski definition) is 1. The zero-order chi connectivity index (χ0) is 25.5. The minimum absolute atomic E-state index is 0.169. The molecule has 3 aromatic carbocycles. The highest BCUT2D eigenvalue weighted by molar-refractivity contribution is 5.83. The summed E-state index contributed by atoms with van der Waals surface area (Å²) in [6, 6.07) is 24.8. The number of hydrogen-bond acceptors (Lipinski definition) is 5. The van der Waals surface area contributed by atoms with E-state index in [0.29, 0.717) is 30.2 Å². The van der Waals surface area contributed by atoms with Gasteiger partial charge in [0.2, 0.25) is 11.8 Å². The lowest BCUT2D eigenvalue weighted by molar-refractivity contribution is -0.150. The summed E-state index contributed by atoms with van der Waals surface area (Å²) in [5, 5.41) is 9.82. The van der Waals surface area contributed by atoms with Crippen LogP contribution in [0.4, 0.5) is 0 Å². The molecule has 1 heterocycles. The van der Waals surface area contributed by atoms with Gasteiger partial charge in [0.05, 0.1) is 12.3 Å². The Morgan fingerprint density at radius 1 is 0.972 bits per heavy atom. The van der Waals surface area contributed by atoms with E-state index >= 15 is 0 Å². The highest BCUT2D eigenvalue weighted by Crippen LogP contribution is 2.25. The Morgan fingerprint density at radius 3 is 2.22 bits per heavy atom. The van der Waals surface area contributed by atoms with Crippen LogP contribution in [0.15, 0.2) is 89.3 Å². The van der Waals surface area contributed by atoms with Crippen LogP contribution in [0.25, 0.3) is 11.5 Å². The zero-order valence-electron chi connectivity index (χ0n) is 20.3. The maximum Gasteiger partial charge on any atom is 0.331 e. The van der Waals surface area contributed by atoms with Crippen LogP contribution in [0.2, 0.25) is 0 Å². The first-order valence-corrected chi connectivity index (χ1v) is 11.7. The Morgan fingerprint density at radius 2 is 1.61 bits per heavy atom. The average molecular weight is 485 g/mol. The Balaban J connectivity index is 1.37. The summed E-state index contributed by atoms with van der Waals surface area (Å²) >= 11 is 0. The highest BCUT2D eigenvalue weighted by atomic mass is 16.5. The topological polar surface area (TPSA) is 92.9 Å². The third-order valence-electron chi connectivity index (χ3n) is 5.86. The van der Waals surface area contributed by atoms with Crippen molar-refractivity contribution in [3.05, 3.63) is 108 Å². The number of carboxylic acids is 1. The maximum absolute atomic E-state index is 12.4. The molecule has 0 aliphatic heterocycles. The number of carboxylic acid groups (broad SMARTS) is 1. The van der Waals surface area contributed by atoms with Gasteiger partial charge in [-0.25, -0.2) is 9.78 Å². The van der Waals surface area contributed by atoms with Gasteiger partial charge in [0.25, 0.3) is 0 Å². The third-order valence-corrected chi connectivity index (χ3v) is 5.86. The Kier molecular flexibility index (Phi) is 7.80. The van der Waals surface area contributed by atoms with Gasteiger partial charge >= 0.3 is 5.97 Å². The molecule has 0 saturated carbocycles. The lowest BCUT2D eigenvalue weighted by Crippen LogP contribution is -2.37. The van der Waals surface area contributed by atoms with E-state index in [0.717, 1.165) is 22.6 Å². The van der Waals surface area contributed by atoms with Crippen LogP contribution >= 0.6 is 0 Å². The van der Waals surface area contributed by atoms with Crippen molar-refractivity contribution in [3.8, 4) is 17.2 Å². The van der Waals surface area contributed by atoms with Crippen LogP contribution in [-0.2, 0) is 22.6 Å². The molecule has 0 bridgehead atoms. The molecular formula is C29H28N2O5. The van der Waals surface area contributed by atoms with Crippen LogP contribution in [0.5, 0.6) is 5.75 Å². The van der Waals surface area contributed by atoms with Crippen LogP contribution < -0.4 is 4.74 Å². The van der Waals surface area contributed by atoms with Gasteiger partial charge in [-0.1, -0.05) is 60.7 Å². The number of rotatable bonds is 10. The molecule has 1 amide bonds. The number of carbonyl (C=O) groups excluding carboxylic acids is 1. The largest absolute Gasteiger partial charge is 0.493 e. The van der Waals surface area contributed by atoms with Gasteiger partial charge in [0, 0.05) is 25.5 Å². The molecule has 1 unspecified atom stereocenters. The van der Waals surface area contributed by atoms with E-state index in [2.05, 4.69) is 4.98 Å². The van der Waals surface area contributed by atoms with Crippen molar-refractivity contribution < 1.29 is 23.8 Å². The summed E-state index contributed by atoms with van der Waals surface area (Å²) in [5.74, 6) is 0.649. The highest BCUT2D eigenvalue weighted by Gasteiger charge is 2.29. The maximum atomic E-state index is 12.4. The standard InChI is InChI=1S/C29H28N2O5/c1-20-26(30-28(36-20)24-11-7-4-8-12-24)17-18-35-25-15-13-22(14-16-25)19-31(21(2)32)27(29(33)34)23-9-5-3-6-10-23/h3-16,27H,17-19H2,1-2H3,(H,33,34). The fourth-order valence-corrected chi connectivity index (χ4v) is 3.99. The minimum atomic E-state index is -1.07. The van der Waals surface area contributed by atoms with E-state index in [-0.39, 0.29) is 12.5 Å². The van der Waals surface area contributed by atoms with Gasteiger partial charge in [-0.15, -0.1) is 0 Å². The second kappa shape index (κ2) is 11.4. The number of benzene rings is 3. The lowest BCUT2D eigenvalue weighted by Gasteiger charge is -2.28. The quantitative estimate of drug-likeness (QED) is 0.322. The second-order valence-electron chi connectivity index (χ2n) is 8.43. The summed E-state index contributed by atoms with van der Waals surface area (Å²) in [5.41, 5.74) is 3.14. The van der Waals surface area contributed by atoms with Crippen LogP contribution in [0.1, 0.15) is 35.5 Å². The molecule has 0 radical (unpaired) electrons. The second-order valence-corrected chi connectivity index (χ2v) is 8.43. The fourth-order valence-electron chi connectivity index (χ4n) is 3.99. The number of aromatic nitrogens is 1. The Labute approximate surface area is 210 Å². The molecule has 1 atom stereocenters. The van der Waals surface area contributed by atoms with E-state index in [1.807, 2.05) is 67.6 Å². The average Bonchev–Trinajstić information content (AvgIpc) is 3.26. The van der Waals surface area contributed by atoms with E-state index in [1.165, 1.54) is 11.8 Å². The molecular weight excluding hydrogens is 456 g/mol. The monoisotopic (exact) mass is 484 g/mol. The molecule has 0 fully saturated rings. The molecule has 7 heteroatoms. The molecule has 0 spiro atoms. The van der Waals surface area contributed by atoms with Crippen LogP contribution in [0.3, 0.4) is 0 Å². The van der Waals surface area contributed by atoms with Gasteiger partial charge in [-0.05, 0) is 42.3 Å². The van der Waals surface area contributed by atoms with Crippen molar-refractivity contribution in [2.45, 2.75) is 32.9 Å². The number of ether oxygens (including phenoxy) is 1. The summed E-state index contributed by atoms with van der Waals surface area (Å²) < 4.78 is 11.7. The number of oxazole rings is 1. The first-order valence-electron chi connectivity index (χ1n) is 11.7. The first kappa shape index (κ1) is 24.7. The molecule has 184 valence electrons. The van der Waals surface area contributed by atoms with Gasteiger partial charge < -0.3 is 19.2 Å². The Hall–Kier alpha value is -4.39. The number of amides is 1. The van der Waals surface area contributed by atoms with E-state index < -0.39 is 12.0 Å². The minimum Gasteiger partial charge on any atom is -0.493 e. The van der Waals surface area contributed by atoms with Crippen LogP contribution in [0, 0.1) is 6.92 Å². The molecule has 0 saturated heterocycles. The Bertz CT molecular complexity index is 1300. The molecule has 4 aromatic rings. The lowest BCUT2D eigenvalue weighted by atomic mass is 10.0. The van der Waals surface area contributed by atoms with Crippen molar-refractivity contribution in [3.63, 3.8) is 0 Å². The summed E-state index contributed by atoms with van der Waals surface area (Å²) in [4.78, 5) is 30.3. The number of aliphatic carboxylic acids is 1. The van der Waals surface area contributed by atoms with E-state index in [1.54, 1.807) is 24.3 Å². The van der Waals surface area contributed by atoms with Crippen LogP contribution in [-0.4, -0.2) is 33.5 Å². The number of aryl methyl sites for hydroxylation is 1. The molecule has 7 nitrogen and oxygen atoms in total. The molecule has 36 heavy (non-hydrogen) atoms. The first-order chi connectivity index (χ1) is 17.4. The van der Waals surface area contributed by atoms with Gasteiger partial charge in [0.1, 0.15) is 11.5 Å². The predicted octanol–water partition coefficient (Wildman–Crippen LogP) is 5.45. The van der Waals surface area contributed by atoms with Crippen molar-refractivity contribution in [1.82, 2.24) is 9.88 Å². The molecule has 0 aliphatic rings. The van der Waals surface area contributed by atoms with E-state index in [9.17, 15) is 14.7 Å². The van der Waals surface area contributed by atoms with E-state index in [4.69, 9.17) is 9.15 Å². The SMILES string of the molecule is CC(=O)N(Cc1ccc(OCCc2nc(-c3ccccc3)oc2C)cc1)C(C(=O)O)c1ccccc1. The summed E-state index contributed by atoms with van der Waals surface area (Å²) in [7, 11) is 0. The number of nitrogens with zero attached hydrogens (tertiary/aromatic N) is 2. The van der Waals surface area contributed by atoms with Crippen molar-refractivity contribution >= 4 is 11.9 Å². The molecule has 0 aliphatic carbocycles. The van der Waals surface area contributed by atoms with Gasteiger partial charge in [-0.3, -0.25) is 4.79 Å². The predicted molar refractivity (Wildman–Crippen MR) is 135 cm³/mol. The van der Waals surface area contributed by atoms with Gasteiger partial charge in [-0.2, -0.15) is 0 Å². The van der Waals surface area contributed by atoms with Crippen molar-refractivity contribution in [2.24, 2.45) is 0 Å². The normalized spacial score (nSPS) is 11.6.